The fourth-order valence-electron chi connectivity index (χ4n) is 3.81. The van der Waals surface area contributed by atoms with Crippen LogP contribution in [-0.4, -0.2) is 47.9 Å². The quantitative estimate of drug-likeness (QED) is 0.828. The zero-order chi connectivity index (χ0) is 16.5. The fraction of sp³-hybridized carbons (Fsp3) is 0.421. The van der Waals surface area contributed by atoms with E-state index in [0.29, 0.717) is 22.6 Å². The van der Waals surface area contributed by atoms with E-state index in [1.807, 2.05) is 35.2 Å². The molecule has 0 saturated carbocycles. The molecule has 1 aromatic carbocycles. The molecule has 4 rings (SSSR count). The second-order valence-electron chi connectivity index (χ2n) is 6.58. The van der Waals surface area contributed by atoms with Crippen molar-refractivity contribution in [3.63, 3.8) is 0 Å². The molecule has 1 unspecified atom stereocenters. The molecule has 126 valence electrons. The largest absolute Gasteiger partial charge is 0.451 e. The summed E-state index contributed by atoms with van der Waals surface area (Å²) < 4.78 is 5.83. The third-order valence-electron chi connectivity index (χ3n) is 5.05. The lowest BCUT2D eigenvalue weighted by Gasteiger charge is -2.25. The second-order valence-corrected chi connectivity index (χ2v) is 6.99. The first-order chi connectivity index (χ1) is 11.7. The summed E-state index contributed by atoms with van der Waals surface area (Å²) in [4.78, 5) is 17.3. The molecule has 1 aromatic heterocycles. The SMILES string of the molecule is O=C(c1ccc(-c2ccccc2Cl)o1)N1CCCN2CCCC2C1. The molecule has 2 aliphatic rings. The van der Waals surface area contributed by atoms with Gasteiger partial charge in [-0.25, -0.2) is 0 Å². The van der Waals surface area contributed by atoms with Gasteiger partial charge in [-0.2, -0.15) is 0 Å². The molecule has 0 N–H and O–H groups in total. The van der Waals surface area contributed by atoms with Gasteiger partial charge in [0.15, 0.2) is 5.76 Å². The first kappa shape index (κ1) is 15.7. The molecule has 0 radical (unpaired) electrons. The van der Waals surface area contributed by atoms with Crippen molar-refractivity contribution >= 4 is 17.5 Å². The minimum Gasteiger partial charge on any atom is -0.451 e. The summed E-state index contributed by atoms with van der Waals surface area (Å²) in [6.45, 7) is 3.87. The highest BCUT2D eigenvalue weighted by Gasteiger charge is 2.31. The lowest BCUT2D eigenvalue weighted by Crippen LogP contribution is -2.39. The normalized spacial score (nSPS) is 21.5. The van der Waals surface area contributed by atoms with Crippen LogP contribution >= 0.6 is 11.6 Å². The molecule has 4 nitrogen and oxygen atoms in total. The van der Waals surface area contributed by atoms with Crippen LogP contribution in [0.15, 0.2) is 40.8 Å². The highest BCUT2D eigenvalue weighted by Crippen LogP contribution is 2.30. The van der Waals surface area contributed by atoms with E-state index in [1.165, 1.54) is 19.4 Å². The van der Waals surface area contributed by atoms with Crippen LogP contribution in [0.25, 0.3) is 11.3 Å². The number of furan rings is 1. The summed E-state index contributed by atoms with van der Waals surface area (Å²) in [5.74, 6) is 1.03. The minimum atomic E-state index is -0.0120. The molecule has 5 heteroatoms. The van der Waals surface area contributed by atoms with Gasteiger partial charge in [0.1, 0.15) is 5.76 Å². The van der Waals surface area contributed by atoms with Crippen LogP contribution in [0.5, 0.6) is 0 Å². The smallest absolute Gasteiger partial charge is 0.289 e. The van der Waals surface area contributed by atoms with Crippen LogP contribution in [0.4, 0.5) is 0 Å². The average Bonchev–Trinajstić information content (AvgIpc) is 3.20. The van der Waals surface area contributed by atoms with Gasteiger partial charge in [0.05, 0.1) is 5.02 Å². The second kappa shape index (κ2) is 6.61. The number of hydrogen-bond acceptors (Lipinski definition) is 3. The first-order valence-electron chi connectivity index (χ1n) is 8.60. The Morgan fingerprint density at radius 3 is 2.79 bits per heavy atom. The number of hydrogen-bond donors (Lipinski definition) is 0. The van der Waals surface area contributed by atoms with E-state index in [0.717, 1.165) is 31.6 Å². The highest BCUT2D eigenvalue weighted by molar-refractivity contribution is 6.33. The van der Waals surface area contributed by atoms with E-state index in [1.54, 1.807) is 6.07 Å². The maximum Gasteiger partial charge on any atom is 0.289 e. The van der Waals surface area contributed by atoms with Gasteiger partial charge in [0.25, 0.3) is 5.91 Å². The fourth-order valence-corrected chi connectivity index (χ4v) is 4.03. The van der Waals surface area contributed by atoms with Gasteiger partial charge in [-0.15, -0.1) is 0 Å². The van der Waals surface area contributed by atoms with E-state index in [2.05, 4.69) is 4.90 Å². The highest BCUT2D eigenvalue weighted by atomic mass is 35.5. The summed E-state index contributed by atoms with van der Waals surface area (Å²) >= 11 is 6.22. The van der Waals surface area contributed by atoms with E-state index < -0.39 is 0 Å². The Balaban J connectivity index is 1.53. The maximum absolute atomic E-state index is 12.9. The molecule has 0 aliphatic carbocycles. The molecule has 24 heavy (non-hydrogen) atoms. The Morgan fingerprint density at radius 2 is 1.92 bits per heavy atom. The standard InChI is InChI=1S/C19H21ClN2O2/c20-16-7-2-1-6-15(16)17-8-9-18(24-17)19(23)22-12-4-11-21-10-3-5-14(21)13-22/h1-2,6-9,14H,3-5,10-13H2. The van der Waals surface area contributed by atoms with Crippen LogP contribution in [-0.2, 0) is 0 Å². The molecule has 2 aromatic rings. The molecule has 0 bridgehead atoms. The van der Waals surface area contributed by atoms with Crippen LogP contribution in [0.2, 0.25) is 5.02 Å². The van der Waals surface area contributed by atoms with Gasteiger partial charge in [0.2, 0.25) is 0 Å². The number of nitrogens with zero attached hydrogens (tertiary/aromatic N) is 2. The predicted octanol–water partition coefficient (Wildman–Crippen LogP) is 3.91. The van der Waals surface area contributed by atoms with Crippen molar-refractivity contribution in [1.82, 2.24) is 9.80 Å². The van der Waals surface area contributed by atoms with Crippen molar-refractivity contribution in [2.24, 2.45) is 0 Å². The Kier molecular flexibility index (Phi) is 4.33. The Labute approximate surface area is 147 Å². The molecular weight excluding hydrogens is 324 g/mol. The number of carbonyl (C=O) groups excluding carboxylic acids is 1. The number of rotatable bonds is 2. The van der Waals surface area contributed by atoms with E-state index in [9.17, 15) is 4.79 Å². The van der Waals surface area contributed by atoms with Gasteiger partial charge >= 0.3 is 0 Å². The van der Waals surface area contributed by atoms with Crippen LogP contribution in [0.3, 0.4) is 0 Å². The third-order valence-corrected chi connectivity index (χ3v) is 5.38. The average molecular weight is 345 g/mol. The first-order valence-corrected chi connectivity index (χ1v) is 8.98. The van der Waals surface area contributed by atoms with Crippen molar-refractivity contribution in [2.75, 3.05) is 26.2 Å². The van der Waals surface area contributed by atoms with Gasteiger partial charge in [-0.3, -0.25) is 9.69 Å². The molecule has 3 heterocycles. The van der Waals surface area contributed by atoms with Crippen molar-refractivity contribution in [3.05, 3.63) is 47.2 Å². The van der Waals surface area contributed by atoms with Crippen molar-refractivity contribution < 1.29 is 9.21 Å². The van der Waals surface area contributed by atoms with E-state index in [-0.39, 0.29) is 5.91 Å². The molecule has 2 aliphatic heterocycles. The summed E-state index contributed by atoms with van der Waals surface area (Å²) in [6.07, 6.45) is 3.46. The monoisotopic (exact) mass is 344 g/mol. The molecule has 0 spiro atoms. The van der Waals surface area contributed by atoms with E-state index in [4.69, 9.17) is 16.0 Å². The number of halogens is 1. The van der Waals surface area contributed by atoms with Crippen LogP contribution in [0, 0.1) is 0 Å². The molecule has 2 saturated heterocycles. The minimum absolute atomic E-state index is 0.0120. The lowest BCUT2D eigenvalue weighted by atomic mass is 10.2. The topological polar surface area (TPSA) is 36.7 Å². The Hall–Kier alpha value is -1.78. The number of fused-ring (bicyclic) bond motifs is 1. The van der Waals surface area contributed by atoms with Gasteiger partial charge in [0, 0.05) is 31.2 Å². The maximum atomic E-state index is 12.9. The summed E-state index contributed by atoms with van der Waals surface area (Å²) in [7, 11) is 0. The van der Waals surface area contributed by atoms with Crippen LogP contribution in [0.1, 0.15) is 29.8 Å². The number of amides is 1. The van der Waals surface area contributed by atoms with Crippen LogP contribution < -0.4 is 0 Å². The van der Waals surface area contributed by atoms with Gasteiger partial charge in [-0.1, -0.05) is 23.7 Å². The number of benzene rings is 1. The number of carbonyl (C=O) groups is 1. The zero-order valence-electron chi connectivity index (χ0n) is 13.6. The third kappa shape index (κ3) is 2.96. The van der Waals surface area contributed by atoms with Crippen molar-refractivity contribution in [2.45, 2.75) is 25.3 Å². The molecule has 1 atom stereocenters. The van der Waals surface area contributed by atoms with Gasteiger partial charge < -0.3 is 9.32 Å². The predicted molar refractivity (Wildman–Crippen MR) is 94.3 cm³/mol. The summed E-state index contributed by atoms with van der Waals surface area (Å²) in [6, 6.07) is 11.6. The summed E-state index contributed by atoms with van der Waals surface area (Å²) in [5.41, 5.74) is 0.816. The van der Waals surface area contributed by atoms with Crippen molar-refractivity contribution in [1.29, 1.82) is 0 Å². The Bertz CT molecular complexity index is 742. The summed E-state index contributed by atoms with van der Waals surface area (Å²) in [5, 5.41) is 0.627. The lowest BCUT2D eigenvalue weighted by molar-refractivity contribution is 0.0712. The molecule has 2 fully saturated rings. The zero-order valence-corrected chi connectivity index (χ0v) is 14.3. The molecule has 1 amide bonds. The molecular formula is C19H21ClN2O2. The van der Waals surface area contributed by atoms with Crippen molar-refractivity contribution in [3.8, 4) is 11.3 Å². The van der Waals surface area contributed by atoms with E-state index >= 15 is 0 Å². The Morgan fingerprint density at radius 1 is 1.08 bits per heavy atom. The van der Waals surface area contributed by atoms with Gasteiger partial charge in [-0.05, 0) is 50.1 Å².